The minimum Gasteiger partial charge on any atom is -0.339 e. The molecule has 4 fully saturated rings. The predicted octanol–water partition coefficient (Wildman–Crippen LogP) is 5.15. The van der Waals surface area contributed by atoms with Crippen LogP contribution in [0.5, 0.6) is 0 Å². The lowest BCUT2D eigenvalue weighted by atomic mass is 9.49. The van der Waals surface area contributed by atoms with Crippen LogP contribution in [0.3, 0.4) is 0 Å². The zero-order valence-electron chi connectivity index (χ0n) is 13.2. The van der Waals surface area contributed by atoms with Gasteiger partial charge in [0.25, 0.3) is 0 Å². The Hall–Kier alpha value is -1.35. The van der Waals surface area contributed by atoms with Crippen molar-refractivity contribution in [1.29, 1.82) is 0 Å². The Labute approximate surface area is 141 Å². The van der Waals surface area contributed by atoms with Crippen molar-refractivity contribution in [2.75, 3.05) is 0 Å². The molecule has 0 saturated heterocycles. The Morgan fingerprint density at radius 3 is 2.22 bits per heavy atom. The number of aromatic nitrogens is 2. The fraction of sp³-hybridized carbons (Fsp3) is 0.579. The molecule has 6 rings (SSSR count). The highest BCUT2D eigenvalue weighted by molar-refractivity contribution is 6.30. The van der Waals surface area contributed by atoms with Crippen molar-refractivity contribution < 1.29 is 4.52 Å². The van der Waals surface area contributed by atoms with Gasteiger partial charge in [-0.2, -0.15) is 4.98 Å². The summed E-state index contributed by atoms with van der Waals surface area (Å²) >= 11 is 5.94. The molecule has 0 radical (unpaired) electrons. The lowest BCUT2D eigenvalue weighted by molar-refractivity contribution is -0.0556. The maximum Gasteiger partial charge on any atom is 0.227 e. The number of rotatable bonds is 3. The Kier molecular flexibility index (Phi) is 3.09. The molecule has 0 aliphatic heterocycles. The molecule has 4 aliphatic carbocycles. The third-order valence-electron chi connectivity index (χ3n) is 6.26. The number of halogens is 1. The lowest BCUT2D eigenvalue weighted by Crippen LogP contribution is -2.47. The zero-order chi connectivity index (χ0) is 15.4. The SMILES string of the molecule is Clc1ccc(-c2noc(CC34CC5CC(CC(C5)C3)C4)n2)cc1. The van der Waals surface area contributed by atoms with Crippen LogP contribution < -0.4 is 0 Å². The summed E-state index contributed by atoms with van der Waals surface area (Å²) < 4.78 is 5.59. The van der Waals surface area contributed by atoms with Crippen molar-refractivity contribution in [3.8, 4) is 11.4 Å². The van der Waals surface area contributed by atoms with E-state index in [0.717, 1.165) is 40.7 Å². The van der Waals surface area contributed by atoms with E-state index in [9.17, 15) is 0 Å². The standard InChI is InChI=1S/C19H21ClN2O/c20-16-3-1-15(2-4-16)18-21-17(23-22-18)11-19-8-12-5-13(9-19)7-14(6-12)10-19/h1-4,12-14H,5-11H2. The molecule has 0 atom stereocenters. The van der Waals surface area contributed by atoms with Gasteiger partial charge in [0, 0.05) is 17.0 Å². The fourth-order valence-electron chi connectivity index (χ4n) is 5.87. The van der Waals surface area contributed by atoms with Gasteiger partial charge in [0.2, 0.25) is 11.7 Å². The van der Waals surface area contributed by atoms with E-state index < -0.39 is 0 Å². The highest BCUT2D eigenvalue weighted by Crippen LogP contribution is 2.60. The van der Waals surface area contributed by atoms with Crippen molar-refractivity contribution in [3.63, 3.8) is 0 Å². The molecule has 120 valence electrons. The van der Waals surface area contributed by atoms with Gasteiger partial charge in [-0.25, -0.2) is 0 Å². The van der Waals surface area contributed by atoms with Crippen LogP contribution in [-0.2, 0) is 6.42 Å². The van der Waals surface area contributed by atoms with E-state index in [1.807, 2.05) is 24.3 Å². The average Bonchev–Trinajstić information content (AvgIpc) is 2.94. The topological polar surface area (TPSA) is 38.9 Å². The molecular weight excluding hydrogens is 308 g/mol. The molecule has 4 saturated carbocycles. The van der Waals surface area contributed by atoms with Crippen LogP contribution in [0, 0.1) is 23.2 Å². The van der Waals surface area contributed by atoms with Gasteiger partial charge in [-0.05, 0) is 86.0 Å². The third kappa shape index (κ3) is 2.50. The molecule has 1 heterocycles. The van der Waals surface area contributed by atoms with Crippen LogP contribution in [-0.4, -0.2) is 10.1 Å². The summed E-state index contributed by atoms with van der Waals surface area (Å²) in [7, 11) is 0. The van der Waals surface area contributed by atoms with Crippen molar-refractivity contribution in [2.24, 2.45) is 23.2 Å². The Morgan fingerprint density at radius 2 is 1.61 bits per heavy atom. The van der Waals surface area contributed by atoms with Gasteiger partial charge in [-0.3, -0.25) is 0 Å². The minimum atomic E-state index is 0.443. The molecule has 0 N–H and O–H groups in total. The maximum absolute atomic E-state index is 5.94. The quantitative estimate of drug-likeness (QED) is 0.782. The smallest absolute Gasteiger partial charge is 0.227 e. The molecule has 2 aromatic rings. The number of hydrogen-bond acceptors (Lipinski definition) is 3. The first-order valence-corrected chi connectivity index (χ1v) is 9.14. The Morgan fingerprint density at radius 1 is 1.00 bits per heavy atom. The first-order chi connectivity index (χ1) is 11.2. The molecule has 0 unspecified atom stereocenters. The Bertz CT molecular complexity index is 686. The number of nitrogens with zero attached hydrogens (tertiary/aromatic N) is 2. The van der Waals surface area contributed by atoms with Gasteiger partial charge in [-0.1, -0.05) is 16.8 Å². The summed E-state index contributed by atoms with van der Waals surface area (Å²) in [6.07, 6.45) is 9.50. The zero-order valence-corrected chi connectivity index (χ0v) is 13.9. The molecule has 1 aromatic heterocycles. The monoisotopic (exact) mass is 328 g/mol. The van der Waals surface area contributed by atoms with E-state index in [-0.39, 0.29) is 0 Å². The van der Waals surface area contributed by atoms with Crippen LogP contribution in [0.4, 0.5) is 0 Å². The van der Waals surface area contributed by atoms with Gasteiger partial charge in [0.05, 0.1) is 0 Å². The molecule has 4 heteroatoms. The van der Waals surface area contributed by atoms with Crippen LogP contribution >= 0.6 is 11.6 Å². The number of benzene rings is 1. The summed E-state index contributed by atoms with van der Waals surface area (Å²) in [5.41, 5.74) is 1.41. The van der Waals surface area contributed by atoms with Gasteiger partial charge < -0.3 is 4.52 Å². The molecule has 0 amide bonds. The average molecular weight is 329 g/mol. The summed E-state index contributed by atoms with van der Waals surface area (Å²) in [5, 5.41) is 4.91. The lowest BCUT2D eigenvalue weighted by Gasteiger charge is -2.56. The van der Waals surface area contributed by atoms with Crippen molar-refractivity contribution in [3.05, 3.63) is 35.2 Å². The van der Waals surface area contributed by atoms with Crippen LogP contribution in [0.1, 0.15) is 44.4 Å². The van der Waals surface area contributed by atoms with E-state index in [1.165, 1.54) is 38.5 Å². The van der Waals surface area contributed by atoms with Crippen LogP contribution in [0.25, 0.3) is 11.4 Å². The van der Waals surface area contributed by atoms with Crippen molar-refractivity contribution in [2.45, 2.75) is 44.9 Å². The van der Waals surface area contributed by atoms with Gasteiger partial charge in [0.1, 0.15) is 0 Å². The van der Waals surface area contributed by atoms with Gasteiger partial charge >= 0.3 is 0 Å². The molecule has 0 spiro atoms. The summed E-state index contributed by atoms with van der Waals surface area (Å²) in [6, 6.07) is 7.63. The van der Waals surface area contributed by atoms with E-state index in [1.54, 1.807) is 0 Å². The van der Waals surface area contributed by atoms with E-state index in [0.29, 0.717) is 11.2 Å². The van der Waals surface area contributed by atoms with Crippen LogP contribution in [0.2, 0.25) is 5.02 Å². The molecule has 3 nitrogen and oxygen atoms in total. The second kappa shape index (κ2) is 5.07. The van der Waals surface area contributed by atoms with E-state index in [2.05, 4.69) is 10.1 Å². The predicted molar refractivity (Wildman–Crippen MR) is 89.1 cm³/mol. The van der Waals surface area contributed by atoms with E-state index >= 15 is 0 Å². The fourth-order valence-corrected chi connectivity index (χ4v) is 6.00. The molecule has 1 aromatic carbocycles. The first-order valence-electron chi connectivity index (χ1n) is 8.76. The second-order valence-electron chi connectivity index (χ2n) is 8.11. The summed E-state index contributed by atoms with van der Waals surface area (Å²) in [4.78, 5) is 4.67. The second-order valence-corrected chi connectivity index (χ2v) is 8.55. The molecular formula is C19H21ClN2O. The molecule has 23 heavy (non-hydrogen) atoms. The molecule has 4 bridgehead atoms. The highest BCUT2D eigenvalue weighted by Gasteiger charge is 2.51. The first kappa shape index (κ1) is 14.0. The normalized spacial score (nSPS) is 34.9. The summed E-state index contributed by atoms with van der Waals surface area (Å²) in [5.74, 6) is 4.37. The largest absolute Gasteiger partial charge is 0.339 e. The third-order valence-corrected chi connectivity index (χ3v) is 6.51. The van der Waals surface area contributed by atoms with Crippen molar-refractivity contribution >= 4 is 11.6 Å². The summed E-state index contributed by atoms with van der Waals surface area (Å²) in [6.45, 7) is 0. The van der Waals surface area contributed by atoms with Crippen molar-refractivity contribution in [1.82, 2.24) is 10.1 Å². The van der Waals surface area contributed by atoms with E-state index in [4.69, 9.17) is 16.1 Å². The number of hydrogen-bond donors (Lipinski definition) is 0. The maximum atomic E-state index is 5.94. The highest BCUT2D eigenvalue weighted by atomic mass is 35.5. The minimum absolute atomic E-state index is 0.443. The Balaban J connectivity index is 1.38. The van der Waals surface area contributed by atoms with Gasteiger partial charge in [0.15, 0.2) is 0 Å². The molecule has 4 aliphatic rings. The van der Waals surface area contributed by atoms with Gasteiger partial charge in [-0.15, -0.1) is 0 Å². The van der Waals surface area contributed by atoms with Crippen LogP contribution in [0.15, 0.2) is 28.8 Å².